The molecule has 1 atom stereocenters. The van der Waals surface area contributed by atoms with E-state index in [2.05, 4.69) is 5.43 Å². The zero-order valence-corrected chi connectivity index (χ0v) is 12.0. The number of nitrogens with two attached hydrogens (primary N) is 1. The van der Waals surface area contributed by atoms with Gasteiger partial charge < -0.3 is 4.74 Å². The highest BCUT2D eigenvalue weighted by atomic mass is 32.2. The van der Waals surface area contributed by atoms with Gasteiger partial charge in [0.15, 0.2) is 0 Å². The minimum atomic E-state index is -2.90. The summed E-state index contributed by atoms with van der Waals surface area (Å²) in [6.45, 7) is 2.08. The van der Waals surface area contributed by atoms with Crippen LogP contribution in [0.15, 0.2) is 30.3 Å². The Kier molecular flexibility index (Phi) is 6.83. The summed E-state index contributed by atoms with van der Waals surface area (Å²) in [5.74, 6) is 6.61. The van der Waals surface area contributed by atoms with E-state index in [0.29, 0.717) is 19.4 Å². The minimum Gasteiger partial charge on any atom is -0.492 e. The summed E-state index contributed by atoms with van der Waals surface area (Å²) in [6, 6.07) is 9.40. The standard InChI is InChI=1S/C13H22N2O3S/c1-2-19(16,17)10-6-7-12(15-14)11-18-13-8-4-3-5-9-13/h3-5,8-9,12,15H,2,6-7,10-11,14H2,1H3. The van der Waals surface area contributed by atoms with Crippen LogP contribution in [0.5, 0.6) is 5.75 Å². The van der Waals surface area contributed by atoms with Gasteiger partial charge in [0.1, 0.15) is 22.2 Å². The Labute approximate surface area is 115 Å². The molecule has 108 valence electrons. The quantitative estimate of drug-likeness (QED) is 0.525. The van der Waals surface area contributed by atoms with Crippen LogP contribution in [0, 0.1) is 0 Å². The first-order valence-electron chi connectivity index (χ1n) is 6.42. The van der Waals surface area contributed by atoms with Crippen LogP contribution in [0.3, 0.4) is 0 Å². The van der Waals surface area contributed by atoms with Crippen molar-refractivity contribution in [2.75, 3.05) is 18.1 Å². The summed E-state index contributed by atoms with van der Waals surface area (Å²) in [5, 5.41) is 0. The monoisotopic (exact) mass is 286 g/mol. The molecule has 1 unspecified atom stereocenters. The summed E-state index contributed by atoms with van der Waals surface area (Å²) in [6.07, 6.45) is 1.26. The average molecular weight is 286 g/mol. The van der Waals surface area contributed by atoms with E-state index in [1.165, 1.54) is 0 Å². The predicted octanol–water partition coefficient (Wildman–Crippen LogP) is 1.11. The maximum Gasteiger partial charge on any atom is 0.150 e. The number of para-hydroxylation sites is 1. The van der Waals surface area contributed by atoms with Crippen LogP contribution in [0.1, 0.15) is 19.8 Å². The molecule has 5 nitrogen and oxygen atoms in total. The van der Waals surface area contributed by atoms with Crippen molar-refractivity contribution in [1.82, 2.24) is 5.43 Å². The lowest BCUT2D eigenvalue weighted by molar-refractivity contribution is 0.257. The molecule has 1 aromatic carbocycles. The Morgan fingerprint density at radius 2 is 2.00 bits per heavy atom. The third kappa shape index (κ3) is 6.56. The highest BCUT2D eigenvalue weighted by molar-refractivity contribution is 7.91. The van der Waals surface area contributed by atoms with Crippen molar-refractivity contribution in [3.8, 4) is 5.75 Å². The normalized spacial score (nSPS) is 13.2. The average Bonchev–Trinajstić information content (AvgIpc) is 2.43. The van der Waals surface area contributed by atoms with Gasteiger partial charge in [-0.25, -0.2) is 8.42 Å². The SMILES string of the molecule is CCS(=O)(=O)CCCC(COc1ccccc1)NN. The molecular formula is C13H22N2O3S. The maximum atomic E-state index is 11.4. The van der Waals surface area contributed by atoms with Crippen molar-refractivity contribution in [2.24, 2.45) is 5.84 Å². The molecule has 1 rings (SSSR count). The summed E-state index contributed by atoms with van der Waals surface area (Å²) < 4.78 is 28.3. The molecule has 0 amide bonds. The number of benzene rings is 1. The predicted molar refractivity (Wildman–Crippen MR) is 76.6 cm³/mol. The van der Waals surface area contributed by atoms with Gasteiger partial charge in [-0.3, -0.25) is 11.3 Å². The number of hydrazine groups is 1. The molecule has 0 aliphatic heterocycles. The fourth-order valence-electron chi connectivity index (χ4n) is 1.62. The number of sulfone groups is 1. The molecular weight excluding hydrogens is 264 g/mol. The zero-order chi connectivity index (χ0) is 14.1. The minimum absolute atomic E-state index is 0.0488. The molecule has 0 aromatic heterocycles. The van der Waals surface area contributed by atoms with E-state index in [4.69, 9.17) is 10.6 Å². The molecule has 19 heavy (non-hydrogen) atoms. The molecule has 0 saturated carbocycles. The highest BCUT2D eigenvalue weighted by Gasteiger charge is 2.11. The molecule has 1 aromatic rings. The second kappa shape index (κ2) is 8.14. The molecule has 3 N–H and O–H groups in total. The van der Waals surface area contributed by atoms with Gasteiger partial charge in [0.2, 0.25) is 0 Å². The van der Waals surface area contributed by atoms with E-state index < -0.39 is 9.84 Å². The summed E-state index contributed by atoms with van der Waals surface area (Å²) in [7, 11) is -2.90. The molecule has 0 radical (unpaired) electrons. The smallest absolute Gasteiger partial charge is 0.150 e. The van der Waals surface area contributed by atoms with Gasteiger partial charge >= 0.3 is 0 Å². The molecule has 0 spiro atoms. The Hall–Kier alpha value is -1.11. The molecule has 0 aliphatic rings. The molecule has 0 heterocycles. The second-order valence-electron chi connectivity index (χ2n) is 4.37. The Morgan fingerprint density at radius 3 is 2.58 bits per heavy atom. The van der Waals surface area contributed by atoms with Crippen LogP contribution in [0.2, 0.25) is 0 Å². The summed E-state index contributed by atoms with van der Waals surface area (Å²) in [5.41, 5.74) is 2.66. The molecule has 6 heteroatoms. The third-order valence-electron chi connectivity index (χ3n) is 2.88. The Balaban J connectivity index is 2.30. The number of hydrogen-bond acceptors (Lipinski definition) is 5. The van der Waals surface area contributed by atoms with Crippen molar-refractivity contribution >= 4 is 9.84 Å². The van der Waals surface area contributed by atoms with E-state index in [1.54, 1.807) is 6.92 Å². The molecule has 0 fully saturated rings. The van der Waals surface area contributed by atoms with Crippen molar-refractivity contribution in [3.05, 3.63) is 30.3 Å². The van der Waals surface area contributed by atoms with E-state index in [9.17, 15) is 8.42 Å². The fraction of sp³-hybridized carbons (Fsp3) is 0.538. The van der Waals surface area contributed by atoms with Crippen LogP contribution in [-0.2, 0) is 9.84 Å². The highest BCUT2D eigenvalue weighted by Crippen LogP contribution is 2.09. The van der Waals surface area contributed by atoms with E-state index in [1.807, 2.05) is 30.3 Å². The van der Waals surface area contributed by atoms with E-state index in [-0.39, 0.29) is 17.5 Å². The third-order valence-corrected chi connectivity index (χ3v) is 4.67. The Morgan fingerprint density at radius 1 is 1.32 bits per heavy atom. The summed E-state index contributed by atoms with van der Waals surface area (Å²) >= 11 is 0. The topological polar surface area (TPSA) is 81.4 Å². The van der Waals surface area contributed by atoms with E-state index in [0.717, 1.165) is 5.75 Å². The van der Waals surface area contributed by atoms with Gasteiger partial charge in [-0.1, -0.05) is 25.1 Å². The van der Waals surface area contributed by atoms with Crippen molar-refractivity contribution in [1.29, 1.82) is 0 Å². The molecule has 0 bridgehead atoms. The molecule has 0 aliphatic carbocycles. The number of ether oxygens (including phenoxy) is 1. The zero-order valence-electron chi connectivity index (χ0n) is 11.2. The molecule has 0 saturated heterocycles. The van der Waals surface area contributed by atoms with E-state index >= 15 is 0 Å². The van der Waals surface area contributed by atoms with Crippen molar-refractivity contribution in [3.63, 3.8) is 0 Å². The number of rotatable bonds is 9. The number of hydrogen-bond donors (Lipinski definition) is 2. The van der Waals surface area contributed by atoms with Crippen LogP contribution in [0.4, 0.5) is 0 Å². The second-order valence-corrected chi connectivity index (χ2v) is 6.84. The first-order valence-corrected chi connectivity index (χ1v) is 8.24. The van der Waals surface area contributed by atoms with Gasteiger partial charge in [0, 0.05) is 5.75 Å². The van der Waals surface area contributed by atoms with Crippen molar-refractivity contribution in [2.45, 2.75) is 25.8 Å². The number of nitrogens with one attached hydrogen (secondary N) is 1. The maximum absolute atomic E-state index is 11.4. The lowest BCUT2D eigenvalue weighted by Crippen LogP contribution is -2.39. The first-order chi connectivity index (χ1) is 9.07. The van der Waals surface area contributed by atoms with Gasteiger partial charge in [-0.2, -0.15) is 0 Å². The van der Waals surface area contributed by atoms with Crippen LogP contribution in [-0.4, -0.2) is 32.6 Å². The Bertz CT molecular complexity index is 448. The van der Waals surface area contributed by atoms with Crippen LogP contribution in [0.25, 0.3) is 0 Å². The van der Waals surface area contributed by atoms with Gasteiger partial charge in [0.05, 0.1) is 11.8 Å². The van der Waals surface area contributed by atoms with Gasteiger partial charge in [-0.05, 0) is 25.0 Å². The fourth-order valence-corrected chi connectivity index (χ4v) is 2.52. The first kappa shape index (κ1) is 15.9. The van der Waals surface area contributed by atoms with Gasteiger partial charge in [0.25, 0.3) is 0 Å². The van der Waals surface area contributed by atoms with Gasteiger partial charge in [-0.15, -0.1) is 0 Å². The van der Waals surface area contributed by atoms with Crippen molar-refractivity contribution < 1.29 is 13.2 Å². The largest absolute Gasteiger partial charge is 0.492 e. The lowest BCUT2D eigenvalue weighted by atomic mass is 10.2. The van der Waals surface area contributed by atoms with Crippen LogP contribution < -0.4 is 16.0 Å². The van der Waals surface area contributed by atoms with Crippen LogP contribution >= 0.6 is 0 Å². The lowest BCUT2D eigenvalue weighted by Gasteiger charge is -2.16. The summed E-state index contributed by atoms with van der Waals surface area (Å²) in [4.78, 5) is 0.